The first-order chi connectivity index (χ1) is 10.5. The Morgan fingerprint density at radius 3 is 1.23 bits per heavy atom. The van der Waals surface area contributed by atoms with E-state index in [4.69, 9.17) is 55.5 Å². The van der Waals surface area contributed by atoms with Gasteiger partial charge < -0.3 is 0 Å². The van der Waals surface area contributed by atoms with Gasteiger partial charge in [0, 0.05) is 28.1 Å². The average molecular weight is 411 g/mol. The molecule has 0 radical (unpaired) electrons. The molecule has 0 atom stereocenters. The van der Waals surface area contributed by atoms with Gasteiger partial charge in [-0.2, -0.15) is 0 Å². The zero-order valence-electron chi connectivity index (χ0n) is 12.4. The third-order valence-electron chi connectivity index (χ3n) is 3.33. The minimum atomic E-state index is -2.44. The summed E-state index contributed by atoms with van der Waals surface area (Å²) in [7, 11) is -2.44. The lowest BCUT2D eigenvalue weighted by atomic mass is 9.98. The van der Waals surface area contributed by atoms with Crippen molar-refractivity contribution < 1.29 is 13.6 Å². The van der Waals surface area contributed by atoms with E-state index in [1.165, 1.54) is 0 Å². The molecule has 0 bridgehead atoms. The predicted octanol–water partition coefficient (Wildman–Crippen LogP) is 6.04. The highest BCUT2D eigenvalue weighted by molar-refractivity contribution is 7.33. The highest BCUT2D eigenvalue weighted by Gasteiger charge is 2.44. The van der Waals surface area contributed by atoms with Crippen LogP contribution in [-0.4, -0.2) is 34.7 Å². The van der Waals surface area contributed by atoms with E-state index in [0.717, 1.165) is 0 Å². The fourth-order valence-corrected chi connectivity index (χ4v) is 4.30. The van der Waals surface area contributed by atoms with Gasteiger partial charge in [0.15, 0.2) is 0 Å². The Balaban J connectivity index is 5.05. The third kappa shape index (κ3) is 7.49. The fraction of sp³-hybridized carbons (Fsp3) is 0.714. The van der Waals surface area contributed by atoms with Crippen molar-refractivity contribution in [2.45, 2.75) is 36.9 Å². The second kappa shape index (κ2) is 12.1. The molecular formula is C14H22Cl4O3P+. The lowest BCUT2D eigenvalue weighted by molar-refractivity contribution is 0.0497. The molecule has 0 aromatic carbocycles. The van der Waals surface area contributed by atoms with E-state index in [-0.39, 0.29) is 0 Å². The number of hydrogen-bond acceptors (Lipinski definition) is 3. The molecule has 0 saturated heterocycles. The summed E-state index contributed by atoms with van der Waals surface area (Å²) < 4.78 is 23.5. The number of alkyl halides is 4. The molecule has 0 fully saturated rings. The topological polar surface area (TPSA) is 35.5 Å². The molecule has 0 N–H and O–H groups in total. The molecule has 0 aliphatic heterocycles. The van der Waals surface area contributed by atoms with Crippen molar-refractivity contribution in [2.24, 2.45) is 0 Å². The molecule has 3 nitrogen and oxygen atoms in total. The highest BCUT2D eigenvalue weighted by Crippen LogP contribution is 2.42. The molecule has 0 rings (SSSR count). The van der Waals surface area contributed by atoms with Gasteiger partial charge in [0.25, 0.3) is 0 Å². The molecule has 128 valence electrons. The second-order valence-electron chi connectivity index (χ2n) is 4.70. The number of halogens is 4. The second-order valence-corrected chi connectivity index (χ2v) is 7.02. The maximum atomic E-state index is 12.3. The number of hydrogen-bond donors (Lipinski definition) is 0. The van der Waals surface area contributed by atoms with Crippen LogP contribution in [0.5, 0.6) is 0 Å². The Bertz CT molecular complexity index is 322. The van der Waals surface area contributed by atoms with Crippen molar-refractivity contribution in [3.63, 3.8) is 0 Å². The Morgan fingerprint density at radius 1 is 0.773 bits per heavy atom. The lowest BCUT2D eigenvalue weighted by Crippen LogP contribution is -2.32. The van der Waals surface area contributed by atoms with Gasteiger partial charge >= 0.3 is 8.25 Å². The summed E-state index contributed by atoms with van der Waals surface area (Å²) in [5, 5.41) is 0. The Hall–Kier alpha value is 0.660. The standard InChI is InChI=1S/C14H22Cl4O3P/c1-3-13(5-9-15,6-10-16)20-22(19)21-14(4-2,7-11-17)8-12-18/h3-4H,1-2,5-12H2/q+1. The van der Waals surface area contributed by atoms with Crippen LogP contribution < -0.4 is 0 Å². The molecule has 0 heterocycles. The molecule has 0 aromatic heterocycles. The van der Waals surface area contributed by atoms with Gasteiger partial charge in [-0.15, -0.1) is 68.6 Å². The van der Waals surface area contributed by atoms with Crippen LogP contribution in [-0.2, 0) is 13.6 Å². The summed E-state index contributed by atoms with van der Waals surface area (Å²) in [6.45, 7) is 7.45. The van der Waals surface area contributed by atoms with Gasteiger partial charge in [-0.1, -0.05) is 12.2 Å². The van der Waals surface area contributed by atoms with Crippen LogP contribution in [0.15, 0.2) is 25.3 Å². The molecule has 8 heteroatoms. The van der Waals surface area contributed by atoms with E-state index in [0.29, 0.717) is 49.2 Å². The first kappa shape index (κ1) is 22.7. The maximum Gasteiger partial charge on any atom is 0.699 e. The monoisotopic (exact) mass is 409 g/mol. The van der Waals surface area contributed by atoms with Crippen molar-refractivity contribution in [3.05, 3.63) is 25.3 Å². The summed E-state index contributed by atoms with van der Waals surface area (Å²) in [5.74, 6) is 1.29. The summed E-state index contributed by atoms with van der Waals surface area (Å²) in [6.07, 6.45) is 4.85. The first-order valence-electron chi connectivity index (χ1n) is 6.83. The van der Waals surface area contributed by atoms with Gasteiger partial charge in [0.1, 0.15) is 11.2 Å². The van der Waals surface area contributed by atoms with Crippen molar-refractivity contribution in [1.82, 2.24) is 0 Å². The molecule has 0 aromatic rings. The molecule has 0 spiro atoms. The minimum Gasteiger partial charge on any atom is -0.127 e. The average Bonchev–Trinajstić information content (AvgIpc) is 2.47. The van der Waals surface area contributed by atoms with Crippen LogP contribution in [0.25, 0.3) is 0 Å². The summed E-state index contributed by atoms with van der Waals surface area (Å²) in [4.78, 5) is 0. The molecular weight excluding hydrogens is 389 g/mol. The van der Waals surface area contributed by atoms with Crippen LogP contribution >= 0.6 is 54.7 Å². The van der Waals surface area contributed by atoms with Crippen molar-refractivity contribution in [3.8, 4) is 0 Å². The van der Waals surface area contributed by atoms with E-state index in [1.54, 1.807) is 12.2 Å². The van der Waals surface area contributed by atoms with Crippen molar-refractivity contribution >= 4 is 54.7 Å². The summed E-state index contributed by atoms with van der Waals surface area (Å²) in [6, 6.07) is 0. The van der Waals surface area contributed by atoms with Gasteiger partial charge in [-0.25, -0.2) is 0 Å². The Morgan fingerprint density at radius 2 is 1.05 bits per heavy atom. The third-order valence-corrected chi connectivity index (χ3v) is 5.11. The molecule has 0 aliphatic carbocycles. The quantitative estimate of drug-likeness (QED) is 0.199. The van der Waals surface area contributed by atoms with E-state index >= 15 is 0 Å². The first-order valence-corrected chi connectivity index (χ1v) is 10.1. The normalized spacial score (nSPS) is 12.2. The van der Waals surface area contributed by atoms with Gasteiger partial charge in [-0.3, -0.25) is 0 Å². The maximum absolute atomic E-state index is 12.3. The van der Waals surface area contributed by atoms with E-state index in [2.05, 4.69) is 13.2 Å². The van der Waals surface area contributed by atoms with Crippen LogP contribution in [0.4, 0.5) is 0 Å². The lowest BCUT2D eigenvalue weighted by Gasteiger charge is -2.25. The van der Waals surface area contributed by atoms with Crippen molar-refractivity contribution in [1.29, 1.82) is 0 Å². The van der Waals surface area contributed by atoms with Gasteiger partial charge in [0.05, 0.1) is 0 Å². The zero-order chi connectivity index (χ0) is 17.1. The Kier molecular flexibility index (Phi) is 12.4. The molecule has 0 saturated carbocycles. The molecule has 0 amide bonds. The smallest absolute Gasteiger partial charge is 0.127 e. The molecule has 0 aliphatic rings. The summed E-state index contributed by atoms with van der Waals surface area (Å²) >= 11 is 23.1. The summed E-state index contributed by atoms with van der Waals surface area (Å²) in [5.41, 5.74) is -1.77. The number of rotatable bonds is 14. The van der Waals surface area contributed by atoms with E-state index in [9.17, 15) is 4.57 Å². The van der Waals surface area contributed by atoms with Gasteiger partial charge in [-0.05, 0) is 25.7 Å². The SMILES string of the molecule is C=CC(CCCl)(CCCl)O[P+](=O)OC(C=C)(CCCl)CCCl. The van der Waals surface area contributed by atoms with Crippen LogP contribution in [0.1, 0.15) is 25.7 Å². The zero-order valence-corrected chi connectivity index (χ0v) is 16.3. The van der Waals surface area contributed by atoms with E-state index in [1.807, 2.05) is 0 Å². The van der Waals surface area contributed by atoms with Crippen LogP contribution in [0.2, 0.25) is 0 Å². The predicted molar refractivity (Wildman–Crippen MR) is 97.0 cm³/mol. The van der Waals surface area contributed by atoms with Gasteiger partial charge in [0.2, 0.25) is 0 Å². The molecule has 22 heavy (non-hydrogen) atoms. The highest BCUT2D eigenvalue weighted by atomic mass is 35.5. The fourth-order valence-electron chi connectivity index (χ4n) is 1.87. The van der Waals surface area contributed by atoms with Crippen LogP contribution in [0.3, 0.4) is 0 Å². The largest absolute Gasteiger partial charge is 0.699 e. The Labute approximate surface area is 153 Å². The minimum absolute atomic E-state index is 0.321. The van der Waals surface area contributed by atoms with Crippen molar-refractivity contribution in [2.75, 3.05) is 23.5 Å². The van der Waals surface area contributed by atoms with E-state index < -0.39 is 19.5 Å². The molecule has 0 unspecified atom stereocenters. The van der Waals surface area contributed by atoms with Crippen LogP contribution in [0, 0.1) is 0 Å².